The highest BCUT2D eigenvalue weighted by Crippen LogP contribution is 2.13. The van der Waals surface area contributed by atoms with E-state index >= 15 is 0 Å². The van der Waals surface area contributed by atoms with E-state index in [-0.39, 0.29) is 0 Å². The molecule has 0 saturated carbocycles. The van der Waals surface area contributed by atoms with E-state index in [0.29, 0.717) is 30.2 Å². The van der Waals surface area contributed by atoms with E-state index in [4.69, 9.17) is 14.2 Å². The Morgan fingerprint density at radius 1 is 1.00 bits per heavy atom. The van der Waals surface area contributed by atoms with Crippen LogP contribution < -0.4 is 10.1 Å². The van der Waals surface area contributed by atoms with Gasteiger partial charge in [-0.3, -0.25) is 4.79 Å². The Morgan fingerprint density at radius 3 is 2.35 bits per heavy atom. The molecule has 2 aromatic carbocycles. The van der Waals surface area contributed by atoms with Crippen molar-refractivity contribution in [2.75, 3.05) is 25.1 Å². The number of carbonyl (C=O) groups is 3. The van der Waals surface area contributed by atoms with Gasteiger partial charge in [0.2, 0.25) is 0 Å². The molecule has 0 saturated heterocycles. The maximum atomic E-state index is 12.0. The molecule has 1 amide bonds. The van der Waals surface area contributed by atoms with Crippen molar-refractivity contribution >= 4 is 29.6 Å². The molecule has 0 radical (unpaired) electrons. The largest absolute Gasteiger partial charge is 0.490 e. The molecule has 2 rings (SSSR count). The quantitative estimate of drug-likeness (QED) is 0.334. The Morgan fingerprint density at radius 2 is 1.71 bits per heavy atom. The summed E-state index contributed by atoms with van der Waals surface area (Å²) < 4.78 is 15.4. The maximum Gasteiger partial charge on any atom is 0.338 e. The van der Waals surface area contributed by atoms with Gasteiger partial charge in [-0.25, -0.2) is 9.59 Å². The molecule has 31 heavy (non-hydrogen) atoms. The lowest BCUT2D eigenvalue weighted by Gasteiger charge is -2.07. The van der Waals surface area contributed by atoms with Gasteiger partial charge >= 0.3 is 11.9 Å². The third-order valence-corrected chi connectivity index (χ3v) is 3.85. The average molecular weight is 423 g/mol. The minimum Gasteiger partial charge on any atom is -0.490 e. The van der Waals surface area contributed by atoms with E-state index in [0.717, 1.165) is 12.0 Å². The van der Waals surface area contributed by atoms with Gasteiger partial charge in [-0.2, -0.15) is 0 Å². The molecular weight excluding hydrogens is 398 g/mol. The van der Waals surface area contributed by atoms with Crippen LogP contribution in [0.2, 0.25) is 0 Å². The summed E-state index contributed by atoms with van der Waals surface area (Å²) in [5, 5.41) is 2.59. The number of ether oxygens (including phenoxy) is 3. The van der Waals surface area contributed by atoms with E-state index in [1.807, 2.05) is 6.92 Å². The van der Waals surface area contributed by atoms with Gasteiger partial charge < -0.3 is 19.5 Å². The highest BCUT2D eigenvalue weighted by Gasteiger charge is 2.09. The Kier molecular flexibility index (Phi) is 9.55. The van der Waals surface area contributed by atoms with Crippen molar-refractivity contribution in [1.29, 1.82) is 0 Å². The van der Waals surface area contributed by atoms with Crippen LogP contribution in [0.1, 0.15) is 29.3 Å². The zero-order valence-corrected chi connectivity index (χ0v) is 17.3. The minimum absolute atomic E-state index is 0.354. The van der Waals surface area contributed by atoms with E-state index in [1.54, 1.807) is 60.7 Å². The summed E-state index contributed by atoms with van der Waals surface area (Å²) in [5.74, 6) is -0.857. The van der Waals surface area contributed by atoms with Crippen LogP contribution in [-0.2, 0) is 19.1 Å². The smallest absolute Gasteiger partial charge is 0.338 e. The number of hydrogen-bond acceptors (Lipinski definition) is 6. The van der Waals surface area contributed by atoms with Crippen LogP contribution in [0.3, 0.4) is 0 Å². The van der Waals surface area contributed by atoms with Gasteiger partial charge in [0.1, 0.15) is 12.4 Å². The van der Waals surface area contributed by atoms with Gasteiger partial charge in [0, 0.05) is 11.8 Å². The normalized spacial score (nSPS) is 10.4. The Hall–Kier alpha value is -3.87. The predicted molar refractivity (Wildman–Crippen MR) is 118 cm³/mol. The number of rotatable bonds is 11. The Bertz CT molecular complexity index is 916. The molecule has 0 aromatic heterocycles. The lowest BCUT2D eigenvalue weighted by molar-refractivity contribution is -0.142. The lowest BCUT2D eigenvalue weighted by atomic mass is 10.2. The fraction of sp³-hybridized carbons (Fsp3) is 0.208. The number of carbonyl (C=O) groups excluding carboxylic acids is 3. The van der Waals surface area contributed by atoms with E-state index in [2.05, 4.69) is 11.9 Å². The van der Waals surface area contributed by atoms with Crippen molar-refractivity contribution in [1.82, 2.24) is 0 Å². The van der Waals surface area contributed by atoms with Gasteiger partial charge in [0.05, 0.1) is 12.2 Å². The number of benzene rings is 2. The van der Waals surface area contributed by atoms with Crippen LogP contribution in [0.25, 0.3) is 6.08 Å². The van der Waals surface area contributed by atoms with Crippen LogP contribution in [0.4, 0.5) is 5.69 Å². The molecule has 0 heterocycles. The van der Waals surface area contributed by atoms with Gasteiger partial charge in [0.15, 0.2) is 6.61 Å². The van der Waals surface area contributed by atoms with Crippen LogP contribution in [0.5, 0.6) is 5.75 Å². The summed E-state index contributed by atoms with van der Waals surface area (Å²) >= 11 is 0. The predicted octanol–water partition coefficient (Wildman–Crippen LogP) is 4.01. The first kappa shape index (κ1) is 23.4. The van der Waals surface area contributed by atoms with Gasteiger partial charge in [-0.15, -0.1) is 0 Å². The Balaban J connectivity index is 1.76. The highest BCUT2D eigenvalue weighted by molar-refractivity contribution is 5.95. The zero-order chi connectivity index (χ0) is 22.5. The third kappa shape index (κ3) is 8.57. The monoisotopic (exact) mass is 423 g/mol. The third-order valence-electron chi connectivity index (χ3n) is 3.85. The fourth-order valence-corrected chi connectivity index (χ4v) is 2.34. The van der Waals surface area contributed by atoms with Crippen molar-refractivity contribution in [2.45, 2.75) is 13.3 Å². The van der Waals surface area contributed by atoms with Crippen molar-refractivity contribution in [3.63, 3.8) is 0 Å². The molecule has 7 heteroatoms. The van der Waals surface area contributed by atoms with Crippen molar-refractivity contribution in [3.8, 4) is 5.75 Å². The van der Waals surface area contributed by atoms with Gasteiger partial charge in [-0.05, 0) is 54.5 Å². The highest BCUT2D eigenvalue weighted by atomic mass is 16.5. The van der Waals surface area contributed by atoms with Crippen LogP contribution in [0.15, 0.2) is 67.3 Å². The van der Waals surface area contributed by atoms with Crippen molar-refractivity contribution in [3.05, 3.63) is 78.4 Å². The average Bonchev–Trinajstić information content (AvgIpc) is 2.79. The molecular formula is C24H25NO6. The number of anilines is 1. The van der Waals surface area contributed by atoms with E-state index in [1.165, 1.54) is 6.08 Å². The van der Waals surface area contributed by atoms with Crippen LogP contribution >= 0.6 is 0 Å². The molecule has 0 aliphatic rings. The van der Waals surface area contributed by atoms with Gasteiger partial charge in [0.25, 0.3) is 5.91 Å². The molecule has 0 atom stereocenters. The zero-order valence-electron chi connectivity index (χ0n) is 17.3. The molecule has 0 fully saturated rings. The minimum atomic E-state index is -0.642. The van der Waals surface area contributed by atoms with E-state index in [9.17, 15) is 14.4 Å². The second-order valence-electron chi connectivity index (χ2n) is 6.37. The lowest BCUT2D eigenvalue weighted by Crippen LogP contribution is -2.20. The molecule has 0 spiro atoms. The van der Waals surface area contributed by atoms with Crippen LogP contribution in [0, 0.1) is 0 Å². The summed E-state index contributed by atoms with van der Waals surface area (Å²) in [6, 6.07) is 13.4. The van der Waals surface area contributed by atoms with Gasteiger partial charge in [-0.1, -0.05) is 31.7 Å². The first-order valence-corrected chi connectivity index (χ1v) is 9.77. The maximum absolute atomic E-state index is 12.0. The van der Waals surface area contributed by atoms with Crippen molar-refractivity contribution in [2.24, 2.45) is 0 Å². The first-order valence-electron chi connectivity index (χ1n) is 9.77. The topological polar surface area (TPSA) is 90.9 Å². The van der Waals surface area contributed by atoms with E-state index < -0.39 is 24.5 Å². The molecule has 0 aliphatic carbocycles. The number of esters is 2. The summed E-state index contributed by atoms with van der Waals surface area (Å²) in [7, 11) is 0. The summed E-state index contributed by atoms with van der Waals surface area (Å²) in [6.07, 6.45) is 5.21. The SMILES string of the molecule is C=CCOc1ccc(/C=C/C(=O)OCC(=O)Nc2ccc(C(=O)OCCC)cc2)cc1. The second-order valence-corrected chi connectivity index (χ2v) is 6.37. The summed E-state index contributed by atoms with van der Waals surface area (Å²) in [6.45, 7) is 5.83. The molecule has 0 aliphatic heterocycles. The summed E-state index contributed by atoms with van der Waals surface area (Å²) in [4.78, 5) is 35.5. The first-order chi connectivity index (χ1) is 15.0. The molecule has 7 nitrogen and oxygen atoms in total. The molecule has 2 aromatic rings. The summed E-state index contributed by atoms with van der Waals surface area (Å²) in [5.41, 5.74) is 1.65. The van der Waals surface area contributed by atoms with Crippen LogP contribution in [-0.4, -0.2) is 37.7 Å². The fourth-order valence-electron chi connectivity index (χ4n) is 2.34. The number of amides is 1. The molecule has 0 bridgehead atoms. The number of nitrogens with one attached hydrogen (secondary N) is 1. The molecule has 1 N–H and O–H groups in total. The Labute approximate surface area is 181 Å². The standard InChI is InChI=1S/C24H25NO6/c1-3-15-29-21-12-5-18(6-13-21)7-14-23(27)31-17-22(26)25-20-10-8-19(9-11-20)24(28)30-16-4-2/h3,5-14H,1,4,15-17H2,2H3,(H,25,26)/b14-7+. The molecule has 162 valence electrons. The van der Waals surface area contributed by atoms with Crippen molar-refractivity contribution < 1.29 is 28.6 Å². The second kappa shape index (κ2) is 12.6. The number of hydrogen-bond donors (Lipinski definition) is 1. The molecule has 0 unspecified atom stereocenters.